The van der Waals surface area contributed by atoms with Crippen molar-refractivity contribution in [3.63, 3.8) is 0 Å². The molecule has 0 saturated carbocycles. The molecule has 3 heterocycles. The van der Waals surface area contributed by atoms with Crippen molar-refractivity contribution in [2.24, 2.45) is 0 Å². The van der Waals surface area contributed by atoms with Crippen molar-refractivity contribution in [2.45, 2.75) is 59.4 Å². The summed E-state index contributed by atoms with van der Waals surface area (Å²) in [7, 11) is 0. The number of hydrogen-bond acceptors (Lipinski definition) is 2. The molecule has 148 valence electrons. The first kappa shape index (κ1) is 18.8. The Morgan fingerprint density at radius 2 is 1.96 bits per heavy atom. The average molecular weight is 379 g/mol. The summed E-state index contributed by atoms with van der Waals surface area (Å²) in [5, 5.41) is 1.19. The highest BCUT2D eigenvalue weighted by molar-refractivity contribution is 6.02. The molecule has 1 saturated heterocycles. The number of amides is 1. The number of imidazole rings is 1. The van der Waals surface area contributed by atoms with Gasteiger partial charge in [-0.2, -0.15) is 0 Å². The quantitative estimate of drug-likeness (QED) is 0.705. The van der Waals surface area contributed by atoms with E-state index in [9.17, 15) is 4.79 Å². The van der Waals surface area contributed by atoms with Gasteiger partial charge in [0.05, 0.1) is 0 Å². The molecule has 0 bridgehead atoms. The predicted octanol–water partition coefficient (Wildman–Crippen LogP) is 4.89. The molecule has 4 rings (SSSR count). The van der Waals surface area contributed by atoms with Crippen molar-refractivity contribution in [2.75, 3.05) is 13.1 Å². The van der Waals surface area contributed by atoms with Crippen LogP contribution in [-0.4, -0.2) is 38.4 Å². The van der Waals surface area contributed by atoms with E-state index in [1.165, 1.54) is 16.5 Å². The van der Waals surface area contributed by atoms with E-state index in [1.807, 2.05) is 17.3 Å². The highest BCUT2D eigenvalue weighted by Gasteiger charge is 2.30. The van der Waals surface area contributed by atoms with Crippen LogP contribution in [0.25, 0.3) is 10.9 Å². The third-order valence-corrected chi connectivity index (χ3v) is 6.16. The predicted molar refractivity (Wildman–Crippen MR) is 113 cm³/mol. The third kappa shape index (κ3) is 3.03. The summed E-state index contributed by atoms with van der Waals surface area (Å²) in [6.07, 6.45) is 6.02. The van der Waals surface area contributed by atoms with Gasteiger partial charge in [-0.25, -0.2) is 4.98 Å². The van der Waals surface area contributed by atoms with Gasteiger partial charge >= 0.3 is 0 Å². The van der Waals surface area contributed by atoms with Gasteiger partial charge in [0.15, 0.2) is 0 Å². The highest BCUT2D eigenvalue weighted by Crippen LogP contribution is 2.31. The van der Waals surface area contributed by atoms with Crippen LogP contribution in [0.5, 0.6) is 0 Å². The summed E-state index contributed by atoms with van der Waals surface area (Å²) in [4.78, 5) is 23.5. The number of hydrogen-bond donors (Lipinski definition) is 1. The molecule has 1 fully saturated rings. The fourth-order valence-corrected chi connectivity index (χ4v) is 4.62. The molecule has 1 aromatic carbocycles. The van der Waals surface area contributed by atoms with E-state index in [0.29, 0.717) is 12.0 Å². The Labute approximate surface area is 166 Å². The van der Waals surface area contributed by atoms with Crippen LogP contribution in [0.3, 0.4) is 0 Å². The maximum atomic E-state index is 13.4. The van der Waals surface area contributed by atoms with Gasteiger partial charge in [0.2, 0.25) is 0 Å². The number of rotatable bonds is 3. The molecular weight excluding hydrogens is 348 g/mol. The van der Waals surface area contributed by atoms with Gasteiger partial charge in [0, 0.05) is 48.3 Å². The lowest BCUT2D eigenvalue weighted by Crippen LogP contribution is -2.40. The molecule has 1 amide bonds. The Morgan fingerprint density at radius 1 is 1.21 bits per heavy atom. The van der Waals surface area contributed by atoms with E-state index in [0.717, 1.165) is 48.5 Å². The molecule has 1 N–H and O–H groups in total. The summed E-state index contributed by atoms with van der Waals surface area (Å²) >= 11 is 0. The van der Waals surface area contributed by atoms with E-state index >= 15 is 0 Å². The van der Waals surface area contributed by atoms with E-state index in [-0.39, 0.29) is 5.91 Å². The lowest BCUT2D eigenvalue weighted by atomic mass is 9.96. The number of carbonyl (C=O) groups is 1. The maximum absolute atomic E-state index is 13.4. The van der Waals surface area contributed by atoms with Crippen molar-refractivity contribution in [1.29, 1.82) is 0 Å². The number of likely N-dealkylation sites (tertiary alicyclic amines) is 1. The molecular formula is C23H30N4O. The molecule has 2 aromatic heterocycles. The summed E-state index contributed by atoms with van der Waals surface area (Å²) in [5.41, 5.74) is 5.28. The SMILES string of the molecule is Cc1ccc(C)c2c(C)c(C(=O)N3CCC[C@H](c4nccn4C(C)C)C3)[nH]c12. The van der Waals surface area contributed by atoms with Crippen LogP contribution < -0.4 is 0 Å². The maximum Gasteiger partial charge on any atom is 0.270 e. The number of aryl methyl sites for hydroxylation is 3. The first-order valence-corrected chi connectivity index (χ1v) is 10.3. The van der Waals surface area contributed by atoms with Gasteiger partial charge in [-0.1, -0.05) is 12.1 Å². The molecule has 1 aliphatic heterocycles. The molecule has 0 radical (unpaired) electrons. The normalized spacial score (nSPS) is 17.6. The molecule has 0 spiro atoms. The smallest absolute Gasteiger partial charge is 0.270 e. The van der Waals surface area contributed by atoms with Crippen molar-refractivity contribution in [3.8, 4) is 0 Å². The van der Waals surface area contributed by atoms with Gasteiger partial charge in [-0.3, -0.25) is 4.79 Å². The first-order chi connectivity index (χ1) is 13.4. The Hall–Kier alpha value is -2.56. The van der Waals surface area contributed by atoms with E-state index < -0.39 is 0 Å². The molecule has 1 atom stereocenters. The van der Waals surface area contributed by atoms with Crippen LogP contribution in [0, 0.1) is 20.8 Å². The summed E-state index contributed by atoms with van der Waals surface area (Å²) in [5.74, 6) is 1.51. The van der Waals surface area contributed by atoms with Crippen molar-refractivity contribution >= 4 is 16.8 Å². The summed E-state index contributed by atoms with van der Waals surface area (Å²) in [6, 6.07) is 4.63. The lowest BCUT2D eigenvalue weighted by molar-refractivity contribution is 0.0697. The minimum absolute atomic E-state index is 0.111. The van der Waals surface area contributed by atoms with Crippen LogP contribution in [0.15, 0.2) is 24.5 Å². The number of carbonyl (C=O) groups excluding carboxylic acids is 1. The van der Waals surface area contributed by atoms with Crippen LogP contribution >= 0.6 is 0 Å². The second-order valence-corrected chi connectivity index (χ2v) is 8.45. The Kier molecular flexibility index (Phi) is 4.77. The third-order valence-electron chi connectivity index (χ3n) is 6.16. The zero-order valence-electron chi connectivity index (χ0n) is 17.5. The molecule has 5 heteroatoms. The fourth-order valence-electron chi connectivity index (χ4n) is 4.62. The van der Waals surface area contributed by atoms with Gasteiger partial charge in [-0.05, 0) is 64.2 Å². The Bertz CT molecular complexity index is 1030. The van der Waals surface area contributed by atoms with Gasteiger partial charge in [0.1, 0.15) is 11.5 Å². The number of nitrogens with zero attached hydrogens (tertiary/aromatic N) is 3. The topological polar surface area (TPSA) is 53.9 Å². The minimum atomic E-state index is 0.111. The Morgan fingerprint density at radius 3 is 2.68 bits per heavy atom. The number of nitrogens with one attached hydrogen (secondary N) is 1. The van der Waals surface area contributed by atoms with E-state index in [2.05, 4.69) is 61.3 Å². The van der Waals surface area contributed by atoms with Crippen molar-refractivity contribution < 1.29 is 4.79 Å². The van der Waals surface area contributed by atoms with Crippen LogP contribution in [0.4, 0.5) is 0 Å². The van der Waals surface area contributed by atoms with E-state index in [1.54, 1.807) is 0 Å². The van der Waals surface area contributed by atoms with Crippen molar-refractivity contribution in [1.82, 2.24) is 19.4 Å². The minimum Gasteiger partial charge on any atom is -0.350 e. The molecule has 5 nitrogen and oxygen atoms in total. The molecule has 0 aliphatic carbocycles. The number of fused-ring (bicyclic) bond motifs is 1. The standard InChI is InChI=1S/C23H30N4O/c1-14(2)27-12-10-24-22(27)18-7-6-11-26(13-18)23(28)21-17(5)19-15(3)8-9-16(4)20(19)25-21/h8-10,12,14,18,25H,6-7,11,13H2,1-5H3/t18-/m0/s1. The number of benzene rings is 1. The van der Waals surface area contributed by atoms with Gasteiger partial charge < -0.3 is 14.5 Å². The monoisotopic (exact) mass is 378 g/mol. The molecule has 3 aromatic rings. The van der Waals surface area contributed by atoms with E-state index in [4.69, 9.17) is 0 Å². The number of aromatic nitrogens is 3. The number of H-pyrrole nitrogens is 1. The molecule has 28 heavy (non-hydrogen) atoms. The highest BCUT2D eigenvalue weighted by atomic mass is 16.2. The number of piperidine rings is 1. The zero-order valence-corrected chi connectivity index (χ0v) is 17.5. The Balaban J connectivity index is 1.64. The first-order valence-electron chi connectivity index (χ1n) is 10.3. The zero-order chi connectivity index (χ0) is 20.0. The van der Waals surface area contributed by atoms with Crippen LogP contribution in [0.2, 0.25) is 0 Å². The van der Waals surface area contributed by atoms with Crippen molar-refractivity contribution in [3.05, 3.63) is 52.7 Å². The molecule has 0 unspecified atom stereocenters. The van der Waals surface area contributed by atoms with Gasteiger partial charge in [-0.15, -0.1) is 0 Å². The lowest BCUT2D eigenvalue weighted by Gasteiger charge is -2.33. The van der Waals surface area contributed by atoms with Crippen LogP contribution in [-0.2, 0) is 0 Å². The number of aromatic amines is 1. The summed E-state index contributed by atoms with van der Waals surface area (Å²) in [6.45, 7) is 12.2. The average Bonchev–Trinajstić information content (AvgIpc) is 3.30. The summed E-state index contributed by atoms with van der Waals surface area (Å²) < 4.78 is 2.24. The largest absolute Gasteiger partial charge is 0.350 e. The van der Waals surface area contributed by atoms with Gasteiger partial charge in [0.25, 0.3) is 5.91 Å². The van der Waals surface area contributed by atoms with Crippen LogP contribution in [0.1, 0.15) is 71.7 Å². The molecule has 1 aliphatic rings. The fraction of sp³-hybridized carbons (Fsp3) is 0.478. The second-order valence-electron chi connectivity index (χ2n) is 8.45. The second kappa shape index (κ2) is 7.12.